The monoisotopic (exact) mass is 388 g/mol. The Kier molecular flexibility index (Phi) is 4.62. The molecule has 5 aromatic carbocycles. The van der Waals surface area contributed by atoms with E-state index in [-0.39, 0.29) is 6.03 Å². The highest BCUT2D eigenvalue weighted by Crippen LogP contribution is 2.33. The summed E-state index contributed by atoms with van der Waals surface area (Å²) in [5.41, 5.74) is 2.45. The van der Waals surface area contributed by atoms with Crippen molar-refractivity contribution < 1.29 is 4.79 Å². The van der Waals surface area contributed by atoms with Crippen LogP contribution in [0.3, 0.4) is 0 Å². The Balaban J connectivity index is 1.63. The Morgan fingerprint density at radius 1 is 0.567 bits per heavy atom. The van der Waals surface area contributed by atoms with Gasteiger partial charge in [0.15, 0.2) is 0 Å². The van der Waals surface area contributed by atoms with Gasteiger partial charge in [-0.2, -0.15) is 0 Å². The van der Waals surface area contributed by atoms with Crippen LogP contribution in [-0.4, -0.2) is 6.03 Å². The second-order valence-electron chi connectivity index (χ2n) is 7.13. The molecule has 0 saturated heterocycles. The number of nitrogens with zero attached hydrogens (tertiary/aromatic N) is 1. The second-order valence-corrected chi connectivity index (χ2v) is 7.13. The smallest absolute Gasteiger partial charge is 0.307 e. The summed E-state index contributed by atoms with van der Waals surface area (Å²) in [4.78, 5) is 15.4. The van der Waals surface area contributed by atoms with Gasteiger partial charge in [0.2, 0.25) is 0 Å². The molecular formula is C27H20N2O. The lowest BCUT2D eigenvalue weighted by Gasteiger charge is -2.25. The molecule has 1 N–H and O–H groups in total. The number of para-hydroxylation sites is 1. The summed E-state index contributed by atoms with van der Waals surface area (Å²) in [6, 6.07) is 37.7. The molecule has 0 aromatic heterocycles. The molecule has 0 saturated carbocycles. The first kappa shape index (κ1) is 18.0. The average molecular weight is 388 g/mol. The molecule has 0 bridgehead atoms. The third kappa shape index (κ3) is 3.27. The molecular weight excluding hydrogens is 368 g/mol. The highest BCUT2D eigenvalue weighted by molar-refractivity contribution is 6.14. The largest absolute Gasteiger partial charge is 0.330 e. The van der Waals surface area contributed by atoms with Crippen molar-refractivity contribution in [2.45, 2.75) is 0 Å². The van der Waals surface area contributed by atoms with E-state index in [1.165, 1.54) is 0 Å². The van der Waals surface area contributed by atoms with Gasteiger partial charge in [0.05, 0.1) is 17.1 Å². The number of carbonyl (C=O) groups is 1. The maximum absolute atomic E-state index is 13.6. The standard InChI is InChI=1S/C27H20N2O/c30-27(28-25-18-8-12-20-10-4-6-16-23(20)25)29(22-14-2-1-3-15-22)26-19-9-13-21-11-5-7-17-24(21)26/h1-19H,(H,28,30). The number of hydrogen-bond acceptors (Lipinski definition) is 1. The van der Waals surface area contributed by atoms with Crippen molar-refractivity contribution >= 4 is 44.6 Å². The molecule has 0 aliphatic heterocycles. The van der Waals surface area contributed by atoms with Gasteiger partial charge in [-0.15, -0.1) is 0 Å². The maximum Gasteiger partial charge on any atom is 0.330 e. The summed E-state index contributed by atoms with van der Waals surface area (Å²) in [5.74, 6) is 0. The van der Waals surface area contributed by atoms with Crippen LogP contribution in [0.5, 0.6) is 0 Å². The minimum absolute atomic E-state index is 0.200. The summed E-state index contributed by atoms with van der Waals surface area (Å²) in [6.45, 7) is 0. The Bertz CT molecular complexity index is 1330. The van der Waals surface area contributed by atoms with Gasteiger partial charge >= 0.3 is 6.03 Å². The van der Waals surface area contributed by atoms with E-state index >= 15 is 0 Å². The SMILES string of the molecule is O=C(Nc1cccc2ccccc12)N(c1ccccc1)c1cccc2ccccc12. The summed E-state index contributed by atoms with van der Waals surface area (Å²) in [6.07, 6.45) is 0. The van der Waals surface area contributed by atoms with E-state index in [0.29, 0.717) is 0 Å². The zero-order valence-electron chi connectivity index (χ0n) is 16.3. The number of anilines is 3. The van der Waals surface area contributed by atoms with Gasteiger partial charge in [-0.25, -0.2) is 4.79 Å². The number of fused-ring (bicyclic) bond motifs is 2. The van der Waals surface area contributed by atoms with Gasteiger partial charge in [0.25, 0.3) is 0 Å². The Labute approximate surface area is 175 Å². The summed E-state index contributed by atoms with van der Waals surface area (Å²) >= 11 is 0. The van der Waals surface area contributed by atoms with Gasteiger partial charge in [-0.3, -0.25) is 4.90 Å². The van der Waals surface area contributed by atoms with Crippen LogP contribution in [0, 0.1) is 0 Å². The molecule has 5 rings (SSSR count). The first-order valence-corrected chi connectivity index (χ1v) is 9.93. The molecule has 3 nitrogen and oxygen atoms in total. The van der Waals surface area contributed by atoms with Crippen LogP contribution in [0.4, 0.5) is 21.9 Å². The van der Waals surface area contributed by atoms with Crippen molar-refractivity contribution in [3.05, 3.63) is 115 Å². The fraction of sp³-hybridized carbons (Fsp3) is 0. The Morgan fingerprint density at radius 2 is 1.13 bits per heavy atom. The van der Waals surface area contributed by atoms with Gasteiger partial charge in [-0.05, 0) is 35.0 Å². The quantitative estimate of drug-likeness (QED) is 0.344. The lowest BCUT2D eigenvalue weighted by Crippen LogP contribution is -2.31. The van der Waals surface area contributed by atoms with Crippen LogP contribution in [-0.2, 0) is 0 Å². The van der Waals surface area contributed by atoms with Crippen LogP contribution in [0.1, 0.15) is 0 Å². The normalized spacial score (nSPS) is 10.8. The van der Waals surface area contributed by atoms with Crippen molar-refractivity contribution in [3.63, 3.8) is 0 Å². The summed E-state index contributed by atoms with van der Waals surface area (Å²) < 4.78 is 0. The molecule has 5 aromatic rings. The van der Waals surface area contributed by atoms with E-state index in [0.717, 1.165) is 38.6 Å². The number of amides is 2. The Morgan fingerprint density at radius 3 is 1.90 bits per heavy atom. The molecule has 0 fully saturated rings. The number of urea groups is 1. The highest BCUT2D eigenvalue weighted by atomic mass is 16.2. The third-order valence-electron chi connectivity index (χ3n) is 5.26. The van der Waals surface area contributed by atoms with Gasteiger partial charge in [-0.1, -0.05) is 91.0 Å². The molecule has 0 aliphatic carbocycles. The first-order chi connectivity index (χ1) is 14.8. The van der Waals surface area contributed by atoms with Gasteiger partial charge in [0, 0.05) is 10.8 Å². The predicted molar refractivity (Wildman–Crippen MR) is 125 cm³/mol. The number of carbonyl (C=O) groups excluding carboxylic acids is 1. The lowest BCUT2D eigenvalue weighted by molar-refractivity contribution is 0.259. The van der Waals surface area contributed by atoms with Crippen LogP contribution in [0.15, 0.2) is 115 Å². The van der Waals surface area contributed by atoms with E-state index in [4.69, 9.17) is 0 Å². The molecule has 30 heavy (non-hydrogen) atoms. The van der Waals surface area contributed by atoms with Crippen LogP contribution in [0.2, 0.25) is 0 Å². The third-order valence-corrected chi connectivity index (χ3v) is 5.26. The minimum atomic E-state index is -0.200. The zero-order valence-corrected chi connectivity index (χ0v) is 16.3. The zero-order chi connectivity index (χ0) is 20.3. The van der Waals surface area contributed by atoms with Crippen LogP contribution < -0.4 is 10.2 Å². The highest BCUT2D eigenvalue weighted by Gasteiger charge is 2.20. The molecule has 0 atom stereocenters. The number of rotatable bonds is 3. The number of nitrogens with one attached hydrogen (secondary N) is 1. The fourth-order valence-corrected chi connectivity index (χ4v) is 3.85. The van der Waals surface area contributed by atoms with Crippen molar-refractivity contribution in [1.29, 1.82) is 0 Å². The first-order valence-electron chi connectivity index (χ1n) is 9.93. The molecule has 0 unspecified atom stereocenters. The van der Waals surface area contributed by atoms with Crippen molar-refractivity contribution in [1.82, 2.24) is 0 Å². The average Bonchev–Trinajstić information content (AvgIpc) is 2.80. The van der Waals surface area contributed by atoms with Crippen LogP contribution in [0.25, 0.3) is 21.5 Å². The Hall–Kier alpha value is -4.11. The van der Waals surface area contributed by atoms with Gasteiger partial charge < -0.3 is 5.32 Å². The predicted octanol–water partition coefficient (Wildman–Crippen LogP) is 7.36. The summed E-state index contributed by atoms with van der Waals surface area (Å²) in [7, 11) is 0. The molecule has 2 amide bonds. The maximum atomic E-state index is 13.6. The molecule has 144 valence electrons. The van der Waals surface area contributed by atoms with Gasteiger partial charge in [0.1, 0.15) is 0 Å². The molecule has 0 heterocycles. The van der Waals surface area contributed by atoms with E-state index in [1.54, 1.807) is 4.90 Å². The second kappa shape index (κ2) is 7.72. The van der Waals surface area contributed by atoms with E-state index in [9.17, 15) is 4.79 Å². The molecule has 0 radical (unpaired) electrons. The number of hydrogen-bond donors (Lipinski definition) is 1. The minimum Gasteiger partial charge on any atom is -0.307 e. The van der Waals surface area contributed by atoms with E-state index in [2.05, 4.69) is 17.4 Å². The number of benzene rings is 5. The lowest BCUT2D eigenvalue weighted by atomic mass is 10.1. The molecule has 3 heteroatoms. The van der Waals surface area contributed by atoms with E-state index in [1.807, 2.05) is 103 Å². The van der Waals surface area contributed by atoms with Crippen LogP contribution >= 0.6 is 0 Å². The van der Waals surface area contributed by atoms with Crippen molar-refractivity contribution in [3.8, 4) is 0 Å². The van der Waals surface area contributed by atoms with Crippen molar-refractivity contribution in [2.75, 3.05) is 10.2 Å². The molecule has 0 aliphatic rings. The van der Waals surface area contributed by atoms with E-state index < -0.39 is 0 Å². The summed E-state index contributed by atoms with van der Waals surface area (Å²) in [5, 5.41) is 7.35. The topological polar surface area (TPSA) is 32.3 Å². The fourth-order valence-electron chi connectivity index (χ4n) is 3.85. The van der Waals surface area contributed by atoms with Crippen molar-refractivity contribution in [2.24, 2.45) is 0 Å². The molecule has 0 spiro atoms.